The molecule has 0 radical (unpaired) electrons. The van der Waals surface area contributed by atoms with E-state index in [9.17, 15) is 0 Å². The maximum absolute atomic E-state index is 8.56. The zero-order valence-corrected chi connectivity index (χ0v) is 9.98. The maximum atomic E-state index is 8.56. The maximum Gasteiger partial charge on any atom is 0.123 e. The van der Waals surface area contributed by atoms with E-state index >= 15 is 0 Å². The Hall–Kier alpha value is -0.800. The third kappa shape index (κ3) is 2.59. The Balaban J connectivity index is 3.04. The molecule has 3 nitrogen and oxygen atoms in total. The summed E-state index contributed by atoms with van der Waals surface area (Å²) in [5, 5.41) is 8.56. The quantitative estimate of drug-likeness (QED) is 0.871. The van der Waals surface area contributed by atoms with Crippen LogP contribution in [0.4, 0.5) is 0 Å². The number of nitrogens with zero attached hydrogens (tertiary/aromatic N) is 1. The summed E-state index contributed by atoms with van der Waals surface area (Å²) < 4.78 is 6.26. The second-order valence-corrected chi connectivity index (χ2v) is 4.10. The molecule has 1 aromatic carbocycles. The van der Waals surface area contributed by atoms with Gasteiger partial charge in [0.05, 0.1) is 19.6 Å². The molecule has 0 heterocycles. The van der Waals surface area contributed by atoms with E-state index in [1.807, 2.05) is 18.2 Å². The first-order chi connectivity index (χ1) is 6.69. The van der Waals surface area contributed by atoms with E-state index in [1.54, 1.807) is 7.11 Å². The summed E-state index contributed by atoms with van der Waals surface area (Å²) in [6.07, 6.45) is 0.302. The van der Waals surface area contributed by atoms with E-state index in [2.05, 4.69) is 28.7 Å². The normalized spacial score (nSPS) is 11.9. The van der Waals surface area contributed by atoms with Crippen LogP contribution in [0.25, 0.3) is 0 Å². The van der Waals surface area contributed by atoms with Crippen LogP contribution in [0.3, 0.4) is 0 Å². The lowest BCUT2D eigenvalue weighted by molar-refractivity contribution is 0.406. The van der Waals surface area contributed by atoms with E-state index in [0.29, 0.717) is 6.42 Å². The van der Waals surface area contributed by atoms with Crippen molar-refractivity contribution in [1.82, 2.24) is 0 Å². The molecule has 2 N–H and O–H groups in total. The largest absolute Gasteiger partial charge is 0.496 e. The van der Waals surface area contributed by atoms with Gasteiger partial charge in [0.25, 0.3) is 0 Å². The zero-order chi connectivity index (χ0) is 10.6. The van der Waals surface area contributed by atoms with Crippen LogP contribution in [0.5, 0.6) is 5.75 Å². The van der Waals surface area contributed by atoms with Crippen LogP contribution in [0.2, 0.25) is 0 Å². The van der Waals surface area contributed by atoms with Crippen LogP contribution in [-0.2, 0) is 0 Å². The summed E-state index contributed by atoms with van der Waals surface area (Å²) >= 11 is 2.21. The third-order valence-corrected chi connectivity index (χ3v) is 2.57. The lowest BCUT2D eigenvalue weighted by Gasteiger charge is -2.13. The van der Waals surface area contributed by atoms with Gasteiger partial charge >= 0.3 is 0 Å². The van der Waals surface area contributed by atoms with Crippen molar-refractivity contribution in [1.29, 1.82) is 5.26 Å². The lowest BCUT2D eigenvalue weighted by Crippen LogP contribution is -2.10. The van der Waals surface area contributed by atoms with Gasteiger partial charge in [0.1, 0.15) is 5.75 Å². The monoisotopic (exact) mass is 302 g/mol. The molecule has 0 fully saturated rings. The molecule has 0 saturated carbocycles. The highest BCUT2D eigenvalue weighted by Crippen LogP contribution is 2.27. The first-order valence-electron chi connectivity index (χ1n) is 4.15. The Kier molecular flexibility index (Phi) is 4.17. The third-order valence-electron chi connectivity index (χ3n) is 1.90. The van der Waals surface area contributed by atoms with Crippen molar-refractivity contribution >= 4 is 22.6 Å². The summed E-state index contributed by atoms with van der Waals surface area (Å²) in [6.45, 7) is 0. The molecule has 1 atom stereocenters. The summed E-state index contributed by atoms with van der Waals surface area (Å²) in [7, 11) is 1.60. The second kappa shape index (κ2) is 5.17. The highest BCUT2D eigenvalue weighted by Gasteiger charge is 2.11. The number of rotatable bonds is 3. The van der Waals surface area contributed by atoms with Crippen LogP contribution < -0.4 is 10.5 Å². The average Bonchev–Trinajstić information content (AvgIpc) is 2.18. The molecule has 1 rings (SSSR count). The van der Waals surface area contributed by atoms with Gasteiger partial charge in [-0.3, -0.25) is 0 Å². The van der Waals surface area contributed by atoms with Crippen molar-refractivity contribution < 1.29 is 4.74 Å². The molecule has 0 aliphatic heterocycles. The predicted molar refractivity (Wildman–Crippen MR) is 62.9 cm³/mol. The Morgan fingerprint density at radius 3 is 2.93 bits per heavy atom. The molecule has 0 aliphatic rings. The number of benzene rings is 1. The Morgan fingerprint density at radius 1 is 1.64 bits per heavy atom. The van der Waals surface area contributed by atoms with Gasteiger partial charge in [-0.1, -0.05) is 0 Å². The first-order valence-corrected chi connectivity index (χ1v) is 5.23. The summed E-state index contributed by atoms with van der Waals surface area (Å²) in [5.41, 5.74) is 6.73. The minimum atomic E-state index is -0.273. The van der Waals surface area contributed by atoms with Crippen molar-refractivity contribution in [3.05, 3.63) is 27.3 Å². The van der Waals surface area contributed by atoms with Crippen molar-refractivity contribution in [3.8, 4) is 11.8 Å². The summed E-state index contributed by atoms with van der Waals surface area (Å²) in [4.78, 5) is 0. The number of nitriles is 1. The Bertz CT molecular complexity index is 360. The summed E-state index contributed by atoms with van der Waals surface area (Å²) in [6, 6.07) is 7.54. The number of hydrogen-bond acceptors (Lipinski definition) is 3. The standard InChI is InChI=1S/C10H11IN2O/c1-14-10-3-2-7(11)6-8(10)9(13)4-5-12/h2-3,6,9H,4,13H2,1H3. The van der Waals surface area contributed by atoms with Crippen LogP contribution in [0, 0.1) is 14.9 Å². The zero-order valence-electron chi connectivity index (χ0n) is 7.83. The topological polar surface area (TPSA) is 59.0 Å². The van der Waals surface area contributed by atoms with Crippen molar-refractivity contribution in [2.24, 2.45) is 5.73 Å². The van der Waals surface area contributed by atoms with E-state index in [0.717, 1.165) is 14.9 Å². The van der Waals surface area contributed by atoms with Crippen LogP contribution in [0.1, 0.15) is 18.0 Å². The smallest absolute Gasteiger partial charge is 0.123 e. The second-order valence-electron chi connectivity index (χ2n) is 2.86. The molecule has 0 aliphatic carbocycles. The average molecular weight is 302 g/mol. The van der Waals surface area contributed by atoms with Crippen molar-refractivity contribution in [3.63, 3.8) is 0 Å². The van der Waals surface area contributed by atoms with Gasteiger partial charge < -0.3 is 10.5 Å². The van der Waals surface area contributed by atoms with Crippen molar-refractivity contribution in [2.75, 3.05) is 7.11 Å². The number of halogens is 1. The Morgan fingerprint density at radius 2 is 2.36 bits per heavy atom. The molecule has 14 heavy (non-hydrogen) atoms. The van der Waals surface area contributed by atoms with Gasteiger partial charge in [-0.2, -0.15) is 5.26 Å². The minimum absolute atomic E-state index is 0.273. The molecule has 0 amide bonds. The van der Waals surface area contributed by atoms with Crippen molar-refractivity contribution in [2.45, 2.75) is 12.5 Å². The lowest BCUT2D eigenvalue weighted by atomic mass is 10.0. The molecule has 1 aromatic rings. The van der Waals surface area contributed by atoms with Gasteiger partial charge in [0.2, 0.25) is 0 Å². The van der Waals surface area contributed by atoms with Crippen LogP contribution >= 0.6 is 22.6 Å². The SMILES string of the molecule is COc1ccc(I)cc1C(N)CC#N. The highest BCUT2D eigenvalue weighted by atomic mass is 127. The number of methoxy groups -OCH3 is 1. The van der Waals surface area contributed by atoms with Gasteiger partial charge in [-0.15, -0.1) is 0 Å². The van der Waals surface area contributed by atoms with Gasteiger partial charge in [0.15, 0.2) is 0 Å². The molecule has 1 unspecified atom stereocenters. The van der Waals surface area contributed by atoms with E-state index in [1.165, 1.54) is 0 Å². The first kappa shape index (κ1) is 11.3. The van der Waals surface area contributed by atoms with Gasteiger partial charge in [-0.05, 0) is 40.8 Å². The van der Waals surface area contributed by atoms with E-state index in [4.69, 9.17) is 15.7 Å². The number of ether oxygens (including phenoxy) is 1. The number of hydrogen-bond donors (Lipinski definition) is 1. The predicted octanol–water partition coefficient (Wildman–Crippen LogP) is 2.21. The van der Waals surface area contributed by atoms with Gasteiger partial charge in [-0.25, -0.2) is 0 Å². The highest BCUT2D eigenvalue weighted by molar-refractivity contribution is 14.1. The molecule has 0 spiro atoms. The molecule has 74 valence electrons. The molecule has 0 aromatic heterocycles. The fourth-order valence-corrected chi connectivity index (χ4v) is 1.72. The number of nitrogens with two attached hydrogens (primary N) is 1. The summed E-state index contributed by atoms with van der Waals surface area (Å²) in [5.74, 6) is 0.744. The van der Waals surface area contributed by atoms with Gasteiger partial charge in [0, 0.05) is 15.2 Å². The Labute approximate surface area is 97.0 Å². The van der Waals surface area contributed by atoms with E-state index < -0.39 is 0 Å². The fraction of sp³-hybridized carbons (Fsp3) is 0.300. The molecular weight excluding hydrogens is 291 g/mol. The van der Waals surface area contributed by atoms with Crippen LogP contribution in [-0.4, -0.2) is 7.11 Å². The van der Waals surface area contributed by atoms with Crippen LogP contribution in [0.15, 0.2) is 18.2 Å². The molecule has 0 saturated heterocycles. The molecule has 0 bridgehead atoms. The van der Waals surface area contributed by atoms with E-state index in [-0.39, 0.29) is 6.04 Å². The molecular formula is C10H11IN2O. The fourth-order valence-electron chi connectivity index (χ4n) is 1.20. The molecule has 4 heteroatoms. The minimum Gasteiger partial charge on any atom is -0.496 e.